The van der Waals surface area contributed by atoms with Crippen LogP contribution in [0.15, 0.2) is 40.3 Å². The van der Waals surface area contributed by atoms with Crippen molar-refractivity contribution in [2.24, 2.45) is 21.8 Å². The van der Waals surface area contributed by atoms with Crippen LogP contribution in [0.4, 0.5) is 0 Å². The van der Waals surface area contributed by atoms with Crippen LogP contribution in [-0.2, 0) is 6.42 Å². The summed E-state index contributed by atoms with van der Waals surface area (Å²) in [4.78, 5) is 9.52. The van der Waals surface area contributed by atoms with Gasteiger partial charge in [0.05, 0.1) is 5.92 Å². The molecule has 0 radical (unpaired) electrons. The van der Waals surface area contributed by atoms with Crippen molar-refractivity contribution in [2.45, 2.75) is 206 Å². The van der Waals surface area contributed by atoms with Gasteiger partial charge in [0.1, 0.15) is 0 Å². The molecule has 1 aliphatic heterocycles. The van der Waals surface area contributed by atoms with E-state index < -0.39 is 0 Å². The van der Waals surface area contributed by atoms with E-state index >= 15 is 0 Å². The van der Waals surface area contributed by atoms with Gasteiger partial charge in [-0.2, -0.15) is 0 Å². The van der Waals surface area contributed by atoms with Crippen LogP contribution in [0, 0.1) is 18.0 Å². The van der Waals surface area contributed by atoms with Gasteiger partial charge in [-0.15, -0.1) is 0 Å². The van der Waals surface area contributed by atoms with E-state index in [2.05, 4.69) is 44.2 Å². The lowest BCUT2D eigenvalue weighted by Gasteiger charge is -2.26. The molecule has 1 heterocycles. The molecule has 0 N–H and O–H groups in total. The third kappa shape index (κ3) is 21.8. The molecule has 0 amide bonds. The third-order valence-electron chi connectivity index (χ3n) is 10.3. The maximum Gasteiger partial charge on any atom is 0.244 e. The quantitative estimate of drug-likeness (QED) is 0.0552. The number of hydrogen-bond acceptors (Lipinski definition) is 2. The number of rotatable bonds is 33. The molecule has 0 bridgehead atoms. The zero-order chi connectivity index (χ0) is 31.9. The highest BCUT2D eigenvalue weighted by atomic mass is 15.0. The van der Waals surface area contributed by atoms with E-state index in [1.165, 1.54) is 192 Å². The van der Waals surface area contributed by atoms with Crippen LogP contribution < -0.4 is 0 Å². The van der Waals surface area contributed by atoms with Crippen LogP contribution in [0.1, 0.15) is 206 Å². The molecule has 0 spiro atoms. The number of benzene rings is 1. The summed E-state index contributed by atoms with van der Waals surface area (Å²) >= 11 is 0. The van der Waals surface area contributed by atoms with Crippen molar-refractivity contribution in [2.75, 3.05) is 0 Å². The second kappa shape index (κ2) is 29.8. The molecule has 45 heavy (non-hydrogen) atoms. The van der Waals surface area contributed by atoms with Gasteiger partial charge in [0, 0.05) is 0 Å². The van der Waals surface area contributed by atoms with Gasteiger partial charge in [0.25, 0.3) is 0 Å². The van der Waals surface area contributed by atoms with Gasteiger partial charge in [-0.1, -0.05) is 228 Å². The number of hydrogen-bond donors (Lipinski definition) is 0. The maximum absolute atomic E-state index is 4.76. The third-order valence-corrected chi connectivity index (χ3v) is 10.3. The van der Waals surface area contributed by atoms with E-state index in [-0.39, 0.29) is 0 Å². The van der Waals surface area contributed by atoms with E-state index in [0.29, 0.717) is 11.8 Å². The Morgan fingerprint density at radius 2 is 0.800 bits per heavy atom. The lowest BCUT2D eigenvalue weighted by Crippen LogP contribution is -2.22. The Balaban J connectivity index is 1.63. The van der Waals surface area contributed by atoms with Crippen molar-refractivity contribution in [3.63, 3.8) is 0 Å². The summed E-state index contributed by atoms with van der Waals surface area (Å²) in [6, 6.07) is 11.2. The SMILES string of the molecule is CCCCCCCCCCCCCCCCCCCC([C+]1N=CC=N1)C(CCCCCCCCCCCC)Cc1ccccc1. The standard InChI is InChI=1S/C43H75N2/c1-3-5-7-9-11-13-15-16-17-18-19-20-21-23-25-27-32-36-42(43-44-37-38-45-43)41(39-40-33-29-28-30-34-40)35-31-26-24-22-14-12-10-8-6-4-2/h28-30,33-34,37-38,41-42H,3-27,31-32,35-36,39H2,1-2H3/q+1. The number of nitrogens with zero attached hydrogens (tertiary/aromatic N) is 2. The average Bonchev–Trinajstić information content (AvgIpc) is 3.60. The fraction of sp³-hybridized carbons (Fsp3) is 0.791. The van der Waals surface area contributed by atoms with Crippen LogP contribution in [0.3, 0.4) is 0 Å². The van der Waals surface area contributed by atoms with Gasteiger partial charge in [-0.05, 0) is 30.7 Å². The first kappa shape index (κ1) is 39.6. The van der Waals surface area contributed by atoms with Crippen molar-refractivity contribution in [1.29, 1.82) is 0 Å². The molecule has 2 rings (SSSR count). The molecule has 0 aromatic heterocycles. The molecule has 0 saturated heterocycles. The fourth-order valence-electron chi connectivity index (χ4n) is 7.37. The minimum absolute atomic E-state index is 0.495. The molecular weight excluding hydrogens is 544 g/mol. The van der Waals surface area contributed by atoms with Crippen molar-refractivity contribution >= 4 is 12.4 Å². The van der Waals surface area contributed by atoms with Gasteiger partial charge in [-0.25, -0.2) is 0 Å². The Hall–Kier alpha value is -1.57. The van der Waals surface area contributed by atoms with Crippen LogP contribution in [0.25, 0.3) is 0 Å². The second-order valence-electron chi connectivity index (χ2n) is 14.4. The van der Waals surface area contributed by atoms with E-state index in [0.717, 1.165) is 12.6 Å². The predicted octanol–water partition coefficient (Wildman–Crippen LogP) is 14.5. The maximum atomic E-state index is 4.76. The Bertz CT molecular complexity index is 787. The van der Waals surface area contributed by atoms with E-state index in [1.807, 2.05) is 12.4 Å². The first-order valence-corrected chi connectivity index (χ1v) is 20.3. The molecule has 2 atom stereocenters. The van der Waals surface area contributed by atoms with E-state index in [1.54, 1.807) is 0 Å². The first-order valence-electron chi connectivity index (χ1n) is 20.3. The highest BCUT2D eigenvalue weighted by Crippen LogP contribution is 2.37. The Kier molecular flexibility index (Phi) is 26.2. The highest BCUT2D eigenvalue weighted by Gasteiger charge is 2.35. The van der Waals surface area contributed by atoms with Gasteiger partial charge < -0.3 is 0 Å². The van der Waals surface area contributed by atoms with Gasteiger partial charge >= 0.3 is 0 Å². The zero-order valence-electron chi connectivity index (χ0n) is 30.3. The summed E-state index contributed by atoms with van der Waals surface area (Å²) in [7, 11) is 0. The fourth-order valence-corrected chi connectivity index (χ4v) is 7.37. The summed E-state index contributed by atoms with van der Waals surface area (Å²) in [5.74, 6) is 1.14. The molecule has 2 unspecified atom stereocenters. The van der Waals surface area contributed by atoms with E-state index in [9.17, 15) is 0 Å². The molecule has 1 aliphatic rings. The van der Waals surface area contributed by atoms with Crippen molar-refractivity contribution in [3.8, 4) is 0 Å². The van der Waals surface area contributed by atoms with Crippen molar-refractivity contribution in [3.05, 3.63) is 42.1 Å². The largest absolute Gasteiger partial charge is 0.244 e. The van der Waals surface area contributed by atoms with Gasteiger partial charge in [-0.3, -0.25) is 0 Å². The molecule has 0 fully saturated rings. The van der Waals surface area contributed by atoms with Crippen LogP contribution >= 0.6 is 0 Å². The highest BCUT2D eigenvalue weighted by molar-refractivity contribution is 6.18. The summed E-state index contributed by atoms with van der Waals surface area (Å²) in [6.45, 7) is 4.61. The topological polar surface area (TPSA) is 24.7 Å². The average molecular weight is 620 g/mol. The minimum atomic E-state index is 0.495. The van der Waals surface area contributed by atoms with Crippen LogP contribution in [0.5, 0.6) is 0 Å². The Morgan fingerprint density at radius 3 is 1.20 bits per heavy atom. The number of aliphatic imine (C=N–C) groups is 2. The smallest absolute Gasteiger partial charge is 0.0965 e. The lowest BCUT2D eigenvalue weighted by atomic mass is 9.78. The van der Waals surface area contributed by atoms with Gasteiger partial charge in [0.2, 0.25) is 6.17 Å². The molecule has 2 heteroatoms. The summed E-state index contributed by atoms with van der Waals surface area (Å²) < 4.78 is 0. The molecular formula is C43H75N2+. The predicted molar refractivity (Wildman–Crippen MR) is 203 cm³/mol. The molecule has 1 aromatic rings. The number of unbranched alkanes of at least 4 members (excludes halogenated alkanes) is 25. The Labute approximate surface area is 282 Å². The monoisotopic (exact) mass is 620 g/mol. The summed E-state index contributed by atoms with van der Waals surface area (Å²) in [6.07, 6.45) is 47.0. The first-order chi connectivity index (χ1) is 22.3. The normalized spacial score (nSPS) is 14.0. The van der Waals surface area contributed by atoms with Gasteiger partial charge in [0.15, 0.2) is 12.4 Å². The molecule has 0 saturated carbocycles. The van der Waals surface area contributed by atoms with E-state index in [4.69, 9.17) is 9.98 Å². The van der Waals surface area contributed by atoms with Crippen LogP contribution in [-0.4, -0.2) is 12.4 Å². The lowest BCUT2D eigenvalue weighted by molar-refractivity contribution is 0.284. The zero-order valence-corrected chi connectivity index (χ0v) is 30.3. The summed E-state index contributed by atoms with van der Waals surface area (Å²) in [5.41, 5.74) is 1.48. The van der Waals surface area contributed by atoms with Crippen molar-refractivity contribution < 1.29 is 0 Å². The Morgan fingerprint density at radius 1 is 0.444 bits per heavy atom. The summed E-state index contributed by atoms with van der Waals surface area (Å²) in [5, 5.41) is 0. The minimum Gasteiger partial charge on any atom is -0.0965 e. The molecule has 2 nitrogen and oxygen atoms in total. The molecule has 0 aliphatic carbocycles. The van der Waals surface area contributed by atoms with Crippen LogP contribution in [0.2, 0.25) is 0 Å². The second-order valence-corrected chi connectivity index (χ2v) is 14.4. The van der Waals surface area contributed by atoms with Crippen molar-refractivity contribution in [1.82, 2.24) is 0 Å². The molecule has 1 aromatic carbocycles. The molecule has 256 valence electrons.